The summed E-state index contributed by atoms with van der Waals surface area (Å²) < 4.78 is 1.87. The van der Waals surface area contributed by atoms with Gasteiger partial charge in [-0.2, -0.15) is 0 Å². The van der Waals surface area contributed by atoms with Gasteiger partial charge in [-0.25, -0.2) is 4.98 Å². The molecule has 28 heavy (non-hydrogen) atoms. The van der Waals surface area contributed by atoms with E-state index in [1.54, 1.807) is 11.3 Å². The highest BCUT2D eigenvalue weighted by Gasteiger charge is 2.22. The predicted octanol–water partition coefficient (Wildman–Crippen LogP) is 5.36. The van der Waals surface area contributed by atoms with Crippen LogP contribution < -0.4 is 5.56 Å². The van der Waals surface area contributed by atoms with E-state index in [-0.39, 0.29) is 5.56 Å². The van der Waals surface area contributed by atoms with E-state index in [1.807, 2.05) is 28.8 Å². The molecular formula is C24H22N2OS. The van der Waals surface area contributed by atoms with E-state index in [1.165, 1.54) is 22.4 Å². The summed E-state index contributed by atoms with van der Waals surface area (Å²) in [6.07, 6.45) is 4.45. The maximum atomic E-state index is 13.7. The van der Waals surface area contributed by atoms with E-state index in [9.17, 15) is 4.79 Å². The SMILES string of the molecule is Cc1cccc(-c2nc3sc4c(c3c(=O)n2Cc2ccccc2)CCCC4)c1. The molecule has 1 aliphatic carbocycles. The molecule has 2 heterocycles. The number of thiophene rings is 1. The molecule has 4 heteroatoms. The van der Waals surface area contributed by atoms with Crippen LogP contribution in [0.2, 0.25) is 0 Å². The number of rotatable bonds is 3. The van der Waals surface area contributed by atoms with Gasteiger partial charge in [0.25, 0.3) is 5.56 Å². The Labute approximate surface area is 168 Å². The van der Waals surface area contributed by atoms with Crippen LogP contribution in [0.5, 0.6) is 0 Å². The predicted molar refractivity (Wildman–Crippen MR) is 116 cm³/mol. The van der Waals surface area contributed by atoms with Gasteiger partial charge < -0.3 is 0 Å². The van der Waals surface area contributed by atoms with Gasteiger partial charge in [0.1, 0.15) is 10.7 Å². The largest absolute Gasteiger partial charge is 0.288 e. The van der Waals surface area contributed by atoms with Crippen molar-refractivity contribution in [3.05, 3.63) is 86.5 Å². The minimum absolute atomic E-state index is 0.102. The van der Waals surface area contributed by atoms with Crippen LogP contribution in [0, 0.1) is 6.92 Å². The highest BCUT2D eigenvalue weighted by Crippen LogP contribution is 2.35. The average molecular weight is 387 g/mol. The lowest BCUT2D eigenvalue weighted by molar-refractivity contribution is 0.698. The lowest BCUT2D eigenvalue weighted by Gasteiger charge is -2.14. The molecule has 1 aliphatic rings. The number of hydrogen-bond donors (Lipinski definition) is 0. The molecule has 0 atom stereocenters. The number of aryl methyl sites for hydroxylation is 3. The van der Waals surface area contributed by atoms with Gasteiger partial charge in [-0.15, -0.1) is 11.3 Å². The summed E-state index contributed by atoms with van der Waals surface area (Å²) in [5.74, 6) is 0.767. The summed E-state index contributed by atoms with van der Waals surface area (Å²) in [6, 6.07) is 18.5. The topological polar surface area (TPSA) is 34.9 Å². The Morgan fingerprint density at radius 3 is 2.68 bits per heavy atom. The van der Waals surface area contributed by atoms with E-state index in [0.717, 1.165) is 46.4 Å². The van der Waals surface area contributed by atoms with Crippen molar-refractivity contribution in [3.8, 4) is 11.4 Å². The van der Waals surface area contributed by atoms with Crippen LogP contribution in [0.3, 0.4) is 0 Å². The molecule has 2 aromatic heterocycles. The number of nitrogens with zero attached hydrogens (tertiary/aromatic N) is 2. The molecule has 2 aromatic carbocycles. The van der Waals surface area contributed by atoms with E-state index in [2.05, 4.69) is 37.3 Å². The smallest absolute Gasteiger partial charge is 0.263 e. The Morgan fingerprint density at radius 2 is 1.86 bits per heavy atom. The summed E-state index contributed by atoms with van der Waals surface area (Å²) >= 11 is 1.72. The lowest BCUT2D eigenvalue weighted by Crippen LogP contribution is -2.24. The van der Waals surface area contributed by atoms with Crippen LogP contribution in [-0.2, 0) is 19.4 Å². The first-order valence-electron chi connectivity index (χ1n) is 9.87. The second kappa shape index (κ2) is 7.02. The van der Waals surface area contributed by atoms with Crippen molar-refractivity contribution in [2.75, 3.05) is 0 Å². The van der Waals surface area contributed by atoms with Crippen molar-refractivity contribution in [2.24, 2.45) is 0 Å². The van der Waals surface area contributed by atoms with Crippen LogP contribution in [0.25, 0.3) is 21.6 Å². The maximum absolute atomic E-state index is 13.7. The first kappa shape index (κ1) is 17.4. The van der Waals surface area contributed by atoms with Crippen molar-refractivity contribution in [3.63, 3.8) is 0 Å². The fraction of sp³-hybridized carbons (Fsp3) is 0.250. The first-order valence-corrected chi connectivity index (χ1v) is 10.7. The molecule has 0 aliphatic heterocycles. The first-order chi connectivity index (χ1) is 13.7. The standard InChI is InChI=1S/C24H22N2OS/c1-16-8-7-11-18(14-16)22-25-23-21(19-12-5-6-13-20(19)28-23)24(27)26(22)15-17-9-3-2-4-10-17/h2-4,7-11,14H,5-6,12-13,15H2,1H3. The molecule has 0 saturated heterocycles. The molecule has 5 rings (SSSR count). The summed E-state index contributed by atoms with van der Waals surface area (Å²) in [6.45, 7) is 2.61. The van der Waals surface area contributed by atoms with Crippen LogP contribution in [0.1, 0.15) is 34.4 Å². The highest BCUT2D eigenvalue weighted by molar-refractivity contribution is 7.18. The maximum Gasteiger partial charge on any atom is 0.263 e. The number of aromatic nitrogens is 2. The Bertz CT molecular complexity index is 1220. The molecule has 0 radical (unpaired) electrons. The molecule has 140 valence electrons. The molecule has 0 bridgehead atoms. The Kier molecular flexibility index (Phi) is 4.36. The molecule has 0 spiro atoms. The Balaban J connectivity index is 1.79. The van der Waals surface area contributed by atoms with E-state index < -0.39 is 0 Å². The zero-order valence-corrected chi connectivity index (χ0v) is 16.8. The van der Waals surface area contributed by atoms with Gasteiger partial charge in [-0.1, -0.05) is 54.1 Å². The van der Waals surface area contributed by atoms with Crippen LogP contribution in [0.15, 0.2) is 59.4 Å². The lowest BCUT2D eigenvalue weighted by atomic mass is 9.97. The van der Waals surface area contributed by atoms with Crippen molar-refractivity contribution >= 4 is 21.6 Å². The Hall–Kier alpha value is -2.72. The zero-order valence-electron chi connectivity index (χ0n) is 15.9. The monoisotopic (exact) mass is 386 g/mol. The normalized spacial score (nSPS) is 13.6. The third-order valence-electron chi connectivity index (χ3n) is 5.53. The number of hydrogen-bond acceptors (Lipinski definition) is 3. The molecule has 4 aromatic rings. The fourth-order valence-corrected chi connectivity index (χ4v) is 5.41. The third-order valence-corrected chi connectivity index (χ3v) is 6.72. The minimum Gasteiger partial charge on any atom is -0.288 e. The van der Waals surface area contributed by atoms with E-state index in [4.69, 9.17) is 4.98 Å². The van der Waals surface area contributed by atoms with Gasteiger partial charge in [0.15, 0.2) is 0 Å². The van der Waals surface area contributed by atoms with Crippen molar-refractivity contribution < 1.29 is 0 Å². The van der Waals surface area contributed by atoms with Crippen LogP contribution in [0.4, 0.5) is 0 Å². The molecule has 0 unspecified atom stereocenters. The van der Waals surface area contributed by atoms with E-state index in [0.29, 0.717) is 6.54 Å². The van der Waals surface area contributed by atoms with Gasteiger partial charge in [-0.3, -0.25) is 9.36 Å². The molecule has 0 saturated carbocycles. The quantitative estimate of drug-likeness (QED) is 0.475. The number of fused-ring (bicyclic) bond motifs is 3. The number of benzene rings is 2. The van der Waals surface area contributed by atoms with Crippen molar-refractivity contribution in [1.82, 2.24) is 9.55 Å². The van der Waals surface area contributed by atoms with E-state index >= 15 is 0 Å². The second-order valence-electron chi connectivity index (χ2n) is 7.57. The fourth-order valence-electron chi connectivity index (χ4n) is 4.16. The average Bonchev–Trinajstić information content (AvgIpc) is 3.09. The zero-order chi connectivity index (χ0) is 19.1. The van der Waals surface area contributed by atoms with Gasteiger partial charge in [0.05, 0.1) is 11.9 Å². The minimum atomic E-state index is 0.102. The van der Waals surface area contributed by atoms with Gasteiger partial charge in [-0.05, 0) is 49.8 Å². The summed E-state index contributed by atoms with van der Waals surface area (Å²) in [5.41, 5.74) is 4.64. The summed E-state index contributed by atoms with van der Waals surface area (Å²) in [4.78, 5) is 21.0. The Morgan fingerprint density at radius 1 is 1.04 bits per heavy atom. The third kappa shape index (κ3) is 2.98. The molecule has 3 nitrogen and oxygen atoms in total. The van der Waals surface area contributed by atoms with Gasteiger partial charge in [0.2, 0.25) is 0 Å². The molecule has 0 fully saturated rings. The van der Waals surface area contributed by atoms with Crippen molar-refractivity contribution in [1.29, 1.82) is 0 Å². The molecule has 0 amide bonds. The summed E-state index contributed by atoms with van der Waals surface area (Å²) in [7, 11) is 0. The van der Waals surface area contributed by atoms with Gasteiger partial charge in [0, 0.05) is 10.4 Å². The highest BCUT2D eigenvalue weighted by atomic mass is 32.1. The van der Waals surface area contributed by atoms with Crippen LogP contribution >= 0.6 is 11.3 Å². The molecular weight excluding hydrogens is 364 g/mol. The van der Waals surface area contributed by atoms with Crippen molar-refractivity contribution in [2.45, 2.75) is 39.2 Å². The molecule has 0 N–H and O–H groups in total. The van der Waals surface area contributed by atoms with Gasteiger partial charge >= 0.3 is 0 Å². The second-order valence-corrected chi connectivity index (χ2v) is 8.66. The van der Waals surface area contributed by atoms with Crippen LogP contribution in [-0.4, -0.2) is 9.55 Å². The summed E-state index contributed by atoms with van der Waals surface area (Å²) in [5, 5.41) is 0.854.